The molecule has 1 atom stereocenters. The van der Waals surface area contributed by atoms with E-state index in [1.54, 1.807) is 6.07 Å². The van der Waals surface area contributed by atoms with Gasteiger partial charge in [-0.25, -0.2) is 4.39 Å². The second-order valence-corrected chi connectivity index (χ2v) is 4.96. The van der Waals surface area contributed by atoms with Crippen molar-refractivity contribution in [1.82, 2.24) is 5.32 Å². The summed E-state index contributed by atoms with van der Waals surface area (Å²) < 4.78 is 13.3. The minimum Gasteiger partial charge on any atom is -0.324 e. The van der Waals surface area contributed by atoms with Crippen LogP contribution in [0.3, 0.4) is 0 Å². The van der Waals surface area contributed by atoms with E-state index in [-0.39, 0.29) is 23.3 Å². The highest BCUT2D eigenvalue weighted by Gasteiger charge is 2.39. The Balaban J connectivity index is 0.00000180. The molecule has 0 radical (unpaired) electrons. The molecule has 1 aliphatic rings. The number of rotatable bonds is 3. The van der Waals surface area contributed by atoms with Crippen LogP contribution in [0.1, 0.15) is 26.2 Å². The predicted octanol–water partition coefficient (Wildman–Crippen LogP) is 3.37. The lowest BCUT2D eigenvalue weighted by Gasteiger charge is -2.26. The summed E-state index contributed by atoms with van der Waals surface area (Å²) in [6, 6.07) is 4.27. The van der Waals surface area contributed by atoms with E-state index in [0.717, 1.165) is 25.8 Å². The fourth-order valence-electron chi connectivity index (χ4n) is 2.29. The lowest BCUT2D eigenvalue weighted by Crippen LogP contribution is -2.50. The largest absolute Gasteiger partial charge is 0.324 e. The minimum absolute atomic E-state index is 0. The number of carbonyl (C=O) groups is 1. The van der Waals surface area contributed by atoms with Crippen molar-refractivity contribution in [3.05, 3.63) is 29.0 Å². The van der Waals surface area contributed by atoms with Crippen molar-refractivity contribution in [3.8, 4) is 0 Å². The zero-order chi connectivity index (χ0) is 13.2. The van der Waals surface area contributed by atoms with Crippen LogP contribution in [0.5, 0.6) is 0 Å². The molecule has 1 aromatic rings. The molecule has 106 valence electrons. The number of benzene rings is 1. The van der Waals surface area contributed by atoms with Crippen molar-refractivity contribution in [1.29, 1.82) is 0 Å². The molecule has 0 aromatic heterocycles. The first-order valence-electron chi connectivity index (χ1n) is 6.09. The highest BCUT2D eigenvalue weighted by Crippen LogP contribution is 2.26. The van der Waals surface area contributed by atoms with Gasteiger partial charge in [-0.1, -0.05) is 18.5 Å². The highest BCUT2D eigenvalue weighted by molar-refractivity contribution is 6.30. The van der Waals surface area contributed by atoms with E-state index in [1.165, 1.54) is 12.1 Å². The van der Waals surface area contributed by atoms with Crippen LogP contribution in [0.2, 0.25) is 5.02 Å². The Morgan fingerprint density at radius 1 is 1.58 bits per heavy atom. The number of hydrogen-bond acceptors (Lipinski definition) is 2. The quantitative estimate of drug-likeness (QED) is 0.899. The maximum absolute atomic E-state index is 13.3. The van der Waals surface area contributed by atoms with Crippen LogP contribution in [0.15, 0.2) is 18.2 Å². The molecule has 2 N–H and O–H groups in total. The summed E-state index contributed by atoms with van der Waals surface area (Å²) in [5.41, 5.74) is -0.0840. The number of nitrogens with one attached hydrogen (secondary N) is 2. The van der Waals surface area contributed by atoms with Gasteiger partial charge in [-0.05, 0) is 44.0 Å². The van der Waals surface area contributed by atoms with Crippen LogP contribution < -0.4 is 10.6 Å². The van der Waals surface area contributed by atoms with Gasteiger partial charge in [0.1, 0.15) is 5.82 Å². The van der Waals surface area contributed by atoms with Gasteiger partial charge in [0.25, 0.3) is 0 Å². The van der Waals surface area contributed by atoms with E-state index >= 15 is 0 Å². The average Bonchev–Trinajstić information content (AvgIpc) is 2.84. The van der Waals surface area contributed by atoms with Gasteiger partial charge in [-0.3, -0.25) is 4.79 Å². The van der Waals surface area contributed by atoms with Gasteiger partial charge in [0.05, 0.1) is 10.6 Å². The summed E-state index contributed by atoms with van der Waals surface area (Å²) in [4.78, 5) is 12.2. The van der Waals surface area contributed by atoms with Crippen LogP contribution in [0, 0.1) is 5.82 Å². The van der Waals surface area contributed by atoms with Gasteiger partial charge >= 0.3 is 0 Å². The first-order chi connectivity index (χ1) is 8.57. The summed E-state index contributed by atoms with van der Waals surface area (Å²) in [5.74, 6) is -0.636. The molecule has 1 aliphatic heterocycles. The molecule has 6 heteroatoms. The number of carbonyl (C=O) groups excluding carboxylic acids is 1. The van der Waals surface area contributed by atoms with Gasteiger partial charge < -0.3 is 10.6 Å². The van der Waals surface area contributed by atoms with Gasteiger partial charge in [0.2, 0.25) is 5.91 Å². The van der Waals surface area contributed by atoms with Crippen molar-refractivity contribution in [2.45, 2.75) is 31.7 Å². The van der Waals surface area contributed by atoms with Crippen LogP contribution in [-0.4, -0.2) is 18.0 Å². The third kappa shape index (κ3) is 3.38. The summed E-state index contributed by atoms with van der Waals surface area (Å²) in [6.07, 6.45) is 2.51. The Bertz CT molecular complexity index is 462. The van der Waals surface area contributed by atoms with E-state index in [2.05, 4.69) is 10.6 Å². The maximum atomic E-state index is 13.3. The number of hydrogen-bond donors (Lipinski definition) is 2. The fourth-order valence-corrected chi connectivity index (χ4v) is 2.40. The molecule has 19 heavy (non-hydrogen) atoms. The van der Waals surface area contributed by atoms with Crippen molar-refractivity contribution in [3.63, 3.8) is 0 Å². The van der Waals surface area contributed by atoms with E-state index in [4.69, 9.17) is 11.6 Å². The Labute approximate surface area is 123 Å². The standard InChI is InChI=1S/C13H16ClFN2O.ClH/c1-2-13(6-3-7-16-13)12(18)17-9-4-5-10(14)11(15)8-9;/h4-5,8,16H,2-3,6-7H2,1H3,(H,17,18);1H. The summed E-state index contributed by atoms with van der Waals surface area (Å²) in [6.45, 7) is 2.82. The van der Waals surface area contributed by atoms with Crippen LogP contribution in [0.25, 0.3) is 0 Å². The van der Waals surface area contributed by atoms with E-state index in [1.807, 2.05) is 6.92 Å². The molecule has 1 heterocycles. The van der Waals surface area contributed by atoms with Gasteiger partial charge in [-0.2, -0.15) is 0 Å². The molecular weight excluding hydrogens is 290 g/mol. The molecule has 1 unspecified atom stereocenters. The lowest BCUT2D eigenvalue weighted by atomic mass is 9.93. The zero-order valence-corrected chi connectivity index (χ0v) is 12.2. The summed E-state index contributed by atoms with van der Waals surface area (Å²) in [7, 11) is 0. The van der Waals surface area contributed by atoms with Crippen LogP contribution in [0.4, 0.5) is 10.1 Å². The Morgan fingerprint density at radius 2 is 2.32 bits per heavy atom. The highest BCUT2D eigenvalue weighted by atomic mass is 35.5. The Kier molecular flexibility index (Phi) is 5.59. The van der Waals surface area contributed by atoms with E-state index < -0.39 is 11.4 Å². The topological polar surface area (TPSA) is 41.1 Å². The maximum Gasteiger partial charge on any atom is 0.244 e. The monoisotopic (exact) mass is 306 g/mol. The van der Waals surface area contributed by atoms with Crippen molar-refractivity contribution in [2.24, 2.45) is 0 Å². The third-order valence-electron chi connectivity index (χ3n) is 3.46. The van der Waals surface area contributed by atoms with Gasteiger partial charge in [-0.15, -0.1) is 12.4 Å². The molecule has 0 saturated carbocycles. The fraction of sp³-hybridized carbons (Fsp3) is 0.462. The first-order valence-corrected chi connectivity index (χ1v) is 6.47. The SMILES string of the molecule is CCC1(C(=O)Nc2ccc(Cl)c(F)c2)CCCN1.Cl. The van der Waals surface area contributed by atoms with Crippen molar-refractivity contribution in [2.75, 3.05) is 11.9 Å². The molecule has 1 aromatic carbocycles. The number of halogens is 3. The molecular formula is C13H17Cl2FN2O. The summed E-state index contributed by atoms with van der Waals surface area (Å²) >= 11 is 5.60. The molecule has 2 rings (SSSR count). The van der Waals surface area contributed by atoms with E-state index in [9.17, 15) is 9.18 Å². The molecule has 1 amide bonds. The van der Waals surface area contributed by atoms with Crippen molar-refractivity contribution < 1.29 is 9.18 Å². The predicted molar refractivity (Wildman–Crippen MR) is 77.5 cm³/mol. The zero-order valence-electron chi connectivity index (χ0n) is 10.6. The lowest BCUT2D eigenvalue weighted by molar-refractivity contribution is -0.122. The second kappa shape index (κ2) is 6.55. The molecule has 1 saturated heterocycles. The number of amides is 1. The molecule has 1 fully saturated rings. The number of anilines is 1. The molecule has 0 bridgehead atoms. The molecule has 0 spiro atoms. The van der Waals surface area contributed by atoms with Crippen LogP contribution in [-0.2, 0) is 4.79 Å². The molecule has 0 aliphatic carbocycles. The summed E-state index contributed by atoms with van der Waals surface area (Å²) in [5, 5.41) is 6.03. The van der Waals surface area contributed by atoms with Crippen molar-refractivity contribution >= 4 is 35.6 Å². The third-order valence-corrected chi connectivity index (χ3v) is 3.77. The van der Waals surface area contributed by atoms with Crippen LogP contribution >= 0.6 is 24.0 Å². The average molecular weight is 307 g/mol. The van der Waals surface area contributed by atoms with Gasteiger partial charge in [0.15, 0.2) is 0 Å². The Morgan fingerprint density at radius 3 is 2.84 bits per heavy atom. The smallest absolute Gasteiger partial charge is 0.244 e. The second-order valence-electron chi connectivity index (χ2n) is 4.55. The Hall–Kier alpha value is -0.840. The normalized spacial score (nSPS) is 21.8. The van der Waals surface area contributed by atoms with E-state index in [0.29, 0.717) is 5.69 Å². The first kappa shape index (κ1) is 16.2. The minimum atomic E-state index is -0.528. The molecule has 3 nitrogen and oxygen atoms in total. The van der Waals surface area contributed by atoms with Gasteiger partial charge in [0, 0.05) is 5.69 Å².